The van der Waals surface area contributed by atoms with Crippen LogP contribution in [0.1, 0.15) is 38.1 Å². The van der Waals surface area contributed by atoms with Crippen molar-refractivity contribution in [1.29, 1.82) is 0 Å². The van der Waals surface area contributed by atoms with Crippen molar-refractivity contribution in [2.45, 2.75) is 12.6 Å². The predicted molar refractivity (Wildman–Crippen MR) is 139 cm³/mol. The van der Waals surface area contributed by atoms with Crippen LogP contribution in [0, 0.1) is 0 Å². The second-order valence-electron chi connectivity index (χ2n) is 8.99. The Kier molecular flexibility index (Phi) is 5.19. The molecule has 1 aromatic heterocycles. The largest absolute Gasteiger partial charge is 0.493 e. The number of halogens is 1. The van der Waals surface area contributed by atoms with E-state index in [-0.39, 0.29) is 11.8 Å². The standard InChI is InChI=1S/C28H24ClN3O4/c1-30-22-15-24(36-3)23(35-2)14-20(22)28(34)31-13-12-19-18-6-4-5-7-21(18)32(25(19)26(30)31)27(33)16-8-10-17(29)11-9-16/h4-11,14-15,26H,12-13H2,1-3H3. The van der Waals surface area contributed by atoms with E-state index in [4.69, 9.17) is 21.1 Å². The first-order chi connectivity index (χ1) is 17.4. The second kappa shape index (κ2) is 8.31. The van der Waals surface area contributed by atoms with E-state index in [9.17, 15) is 9.59 Å². The molecule has 7 nitrogen and oxygen atoms in total. The minimum Gasteiger partial charge on any atom is -0.493 e. The van der Waals surface area contributed by atoms with Gasteiger partial charge in [-0.3, -0.25) is 14.2 Å². The number of benzene rings is 3. The number of hydrogen-bond acceptors (Lipinski definition) is 5. The molecule has 0 N–H and O–H groups in total. The molecule has 1 unspecified atom stereocenters. The Balaban J connectivity index is 1.59. The van der Waals surface area contributed by atoms with Gasteiger partial charge in [0, 0.05) is 35.6 Å². The topological polar surface area (TPSA) is 64.0 Å². The molecule has 0 saturated heterocycles. The van der Waals surface area contributed by atoms with Crippen LogP contribution in [0.25, 0.3) is 10.9 Å². The molecule has 3 heterocycles. The minimum atomic E-state index is -0.462. The number of rotatable bonds is 3. The van der Waals surface area contributed by atoms with Gasteiger partial charge in [0.2, 0.25) is 0 Å². The van der Waals surface area contributed by atoms with Crippen molar-refractivity contribution in [2.75, 3.05) is 32.7 Å². The van der Waals surface area contributed by atoms with Gasteiger partial charge in [0.15, 0.2) is 11.5 Å². The fourth-order valence-electron chi connectivity index (χ4n) is 5.53. The summed E-state index contributed by atoms with van der Waals surface area (Å²) in [5.41, 5.74) is 4.50. The highest BCUT2D eigenvalue weighted by Gasteiger charge is 2.44. The third-order valence-corrected chi connectivity index (χ3v) is 7.45. The maximum Gasteiger partial charge on any atom is 0.262 e. The van der Waals surface area contributed by atoms with Crippen LogP contribution in [0.2, 0.25) is 5.02 Å². The predicted octanol–water partition coefficient (Wildman–Crippen LogP) is 5.15. The molecule has 0 radical (unpaired) electrons. The highest BCUT2D eigenvalue weighted by Crippen LogP contribution is 2.47. The van der Waals surface area contributed by atoms with Crippen LogP contribution in [0.15, 0.2) is 60.7 Å². The van der Waals surface area contributed by atoms with Gasteiger partial charge < -0.3 is 19.3 Å². The van der Waals surface area contributed by atoms with Gasteiger partial charge in [-0.05, 0) is 48.4 Å². The van der Waals surface area contributed by atoms with E-state index in [0.29, 0.717) is 40.6 Å². The van der Waals surface area contributed by atoms with E-state index in [1.807, 2.05) is 47.2 Å². The number of carbonyl (C=O) groups is 2. The maximum absolute atomic E-state index is 14.0. The summed E-state index contributed by atoms with van der Waals surface area (Å²) < 4.78 is 12.7. The zero-order valence-corrected chi connectivity index (χ0v) is 20.9. The van der Waals surface area contributed by atoms with E-state index in [0.717, 1.165) is 27.8 Å². The summed E-state index contributed by atoms with van der Waals surface area (Å²) in [5, 5.41) is 1.59. The van der Waals surface area contributed by atoms with Crippen LogP contribution in [0.4, 0.5) is 5.69 Å². The number of anilines is 1. The van der Waals surface area contributed by atoms with Crippen LogP contribution in [0.3, 0.4) is 0 Å². The lowest BCUT2D eigenvalue weighted by Gasteiger charge is -2.46. The Hall–Kier alpha value is -3.97. The van der Waals surface area contributed by atoms with E-state index < -0.39 is 6.17 Å². The van der Waals surface area contributed by atoms with Gasteiger partial charge in [-0.25, -0.2) is 0 Å². The molecule has 0 fully saturated rings. The van der Waals surface area contributed by atoms with Crippen molar-refractivity contribution in [1.82, 2.24) is 9.47 Å². The molecular weight excluding hydrogens is 478 g/mol. The van der Waals surface area contributed by atoms with Crippen molar-refractivity contribution in [3.8, 4) is 11.5 Å². The number of amides is 1. The second-order valence-corrected chi connectivity index (χ2v) is 9.42. The molecule has 1 amide bonds. The number of aromatic nitrogens is 1. The fraction of sp³-hybridized carbons (Fsp3) is 0.214. The third-order valence-electron chi connectivity index (χ3n) is 7.20. The van der Waals surface area contributed by atoms with Gasteiger partial charge in [-0.15, -0.1) is 0 Å². The van der Waals surface area contributed by atoms with E-state index in [1.165, 1.54) is 0 Å². The molecular formula is C28H24ClN3O4. The first kappa shape index (κ1) is 22.5. The van der Waals surface area contributed by atoms with Crippen molar-refractivity contribution in [3.05, 3.63) is 88.1 Å². The normalized spacial score (nSPS) is 16.4. The lowest BCUT2D eigenvalue weighted by atomic mass is 9.95. The molecule has 4 aromatic rings. The van der Waals surface area contributed by atoms with Gasteiger partial charge in [0.1, 0.15) is 6.17 Å². The average molecular weight is 502 g/mol. The first-order valence-electron chi connectivity index (χ1n) is 11.7. The molecule has 182 valence electrons. The molecule has 0 aliphatic carbocycles. The summed E-state index contributed by atoms with van der Waals surface area (Å²) in [6.07, 6.45) is 0.186. The van der Waals surface area contributed by atoms with Crippen LogP contribution < -0.4 is 14.4 Å². The molecule has 8 heteroatoms. The summed E-state index contributed by atoms with van der Waals surface area (Å²) in [4.78, 5) is 31.6. The van der Waals surface area contributed by atoms with E-state index in [1.54, 1.807) is 49.1 Å². The molecule has 2 aliphatic rings. The summed E-state index contributed by atoms with van der Waals surface area (Å²) >= 11 is 6.08. The Bertz CT molecular complexity index is 1540. The average Bonchev–Trinajstić information content (AvgIpc) is 3.25. The number of nitrogens with zero attached hydrogens (tertiary/aromatic N) is 3. The number of ether oxygens (including phenoxy) is 2. The van der Waals surface area contributed by atoms with Gasteiger partial charge in [0.05, 0.1) is 36.7 Å². The Morgan fingerprint density at radius 1 is 1.00 bits per heavy atom. The van der Waals surface area contributed by atoms with Crippen molar-refractivity contribution in [3.63, 3.8) is 0 Å². The molecule has 6 rings (SSSR count). The Morgan fingerprint density at radius 3 is 2.42 bits per heavy atom. The van der Waals surface area contributed by atoms with E-state index in [2.05, 4.69) is 0 Å². The molecule has 36 heavy (non-hydrogen) atoms. The Labute approximate surface area is 213 Å². The first-order valence-corrected chi connectivity index (χ1v) is 12.0. The molecule has 2 aliphatic heterocycles. The maximum atomic E-state index is 14.0. The summed E-state index contributed by atoms with van der Waals surface area (Å²) in [6.45, 7) is 0.539. The smallest absolute Gasteiger partial charge is 0.262 e. The number of carbonyl (C=O) groups excluding carboxylic acids is 2. The molecule has 1 atom stereocenters. The summed E-state index contributed by atoms with van der Waals surface area (Å²) in [7, 11) is 5.07. The number of hydrogen-bond donors (Lipinski definition) is 0. The summed E-state index contributed by atoms with van der Waals surface area (Å²) in [5.74, 6) is 0.778. The highest BCUT2D eigenvalue weighted by molar-refractivity contribution is 6.30. The quantitative estimate of drug-likeness (QED) is 0.388. The van der Waals surface area contributed by atoms with Gasteiger partial charge >= 0.3 is 0 Å². The zero-order valence-electron chi connectivity index (χ0n) is 20.1. The van der Waals surface area contributed by atoms with Gasteiger partial charge in [-0.2, -0.15) is 0 Å². The highest BCUT2D eigenvalue weighted by atomic mass is 35.5. The van der Waals surface area contributed by atoms with Crippen molar-refractivity contribution in [2.24, 2.45) is 0 Å². The zero-order chi connectivity index (χ0) is 25.1. The van der Waals surface area contributed by atoms with Crippen LogP contribution >= 0.6 is 11.6 Å². The fourth-order valence-corrected chi connectivity index (χ4v) is 5.65. The molecule has 3 aromatic carbocycles. The lowest BCUT2D eigenvalue weighted by molar-refractivity contribution is 0.0624. The van der Waals surface area contributed by atoms with Crippen LogP contribution in [-0.2, 0) is 6.42 Å². The molecule has 0 saturated carbocycles. The van der Waals surface area contributed by atoms with E-state index >= 15 is 0 Å². The monoisotopic (exact) mass is 501 g/mol. The van der Waals surface area contributed by atoms with Crippen LogP contribution in [-0.4, -0.2) is 49.1 Å². The summed E-state index contributed by atoms with van der Waals surface area (Å²) in [6, 6.07) is 18.4. The molecule has 0 bridgehead atoms. The van der Waals surface area contributed by atoms with Gasteiger partial charge in [-0.1, -0.05) is 29.8 Å². The van der Waals surface area contributed by atoms with Gasteiger partial charge in [0.25, 0.3) is 11.8 Å². The lowest BCUT2D eigenvalue weighted by Crippen LogP contribution is -2.51. The number of fused-ring (bicyclic) bond motifs is 6. The van der Waals surface area contributed by atoms with Crippen molar-refractivity contribution >= 4 is 40.0 Å². The van der Waals surface area contributed by atoms with Crippen molar-refractivity contribution < 1.29 is 19.1 Å². The number of methoxy groups -OCH3 is 2. The SMILES string of the molecule is COc1cc2c(cc1OC)N(C)C1c3c(c4ccccc4n3C(=O)c3ccc(Cl)cc3)CCN1C2=O. The Morgan fingerprint density at radius 2 is 1.69 bits per heavy atom. The number of para-hydroxylation sites is 1. The minimum absolute atomic E-state index is 0.101. The van der Waals surface area contributed by atoms with Crippen LogP contribution in [0.5, 0.6) is 11.5 Å². The third kappa shape index (κ3) is 3.12. The molecule has 0 spiro atoms.